The topological polar surface area (TPSA) is 78.9 Å². The summed E-state index contributed by atoms with van der Waals surface area (Å²) < 4.78 is 17.0. The van der Waals surface area contributed by atoms with Gasteiger partial charge in [-0.15, -0.1) is 0 Å². The third-order valence-electron chi connectivity index (χ3n) is 14.8. The number of esters is 3. The summed E-state index contributed by atoms with van der Waals surface area (Å²) in [5.74, 6) is -0.885. The van der Waals surface area contributed by atoms with Gasteiger partial charge in [0.15, 0.2) is 6.10 Å². The molecule has 0 saturated carbocycles. The molecule has 6 heteroatoms. The molecule has 464 valence electrons. The highest BCUT2D eigenvalue weighted by atomic mass is 16.6. The van der Waals surface area contributed by atoms with E-state index in [0.717, 1.165) is 122 Å². The Kier molecular flexibility index (Phi) is 65.2. The lowest BCUT2D eigenvalue weighted by Gasteiger charge is -2.18. The van der Waals surface area contributed by atoms with Crippen molar-refractivity contribution >= 4 is 17.9 Å². The van der Waals surface area contributed by atoms with Crippen LogP contribution in [0.15, 0.2) is 109 Å². The second kappa shape index (κ2) is 68.6. The molecule has 0 N–H and O–H groups in total. The number of hydrogen-bond donors (Lipinski definition) is 0. The van der Waals surface area contributed by atoms with Crippen LogP contribution >= 0.6 is 0 Å². The lowest BCUT2D eigenvalue weighted by molar-refractivity contribution is -0.167. The van der Waals surface area contributed by atoms with Crippen molar-refractivity contribution in [3.8, 4) is 0 Å². The first kappa shape index (κ1) is 77.1. The van der Waals surface area contributed by atoms with Gasteiger partial charge in [0.1, 0.15) is 13.2 Å². The van der Waals surface area contributed by atoms with Gasteiger partial charge in [0.05, 0.1) is 0 Å². The molecule has 0 amide bonds. The van der Waals surface area contributed by atoms with Crippen molar-refractivity contribution in [1.29, 1.82) is 0 Å². The molecule has 0 aromatic heterocycles. The Morgan fingerprint density at radius 1 is 0.259 bits per heavy atom. The molecule has 0 aromatic carbocycles. The molecule has 81 heavy (non-hydrogen) atoms. The molecule has 0 spiro atoms. The summed E-state index contributed by atoms with van der Waals surface area (Å²) in [6.45, 7) is 6.53. The van der Waals surface area contributed by atoms with E-state index in [0.29, 0.717) is 19.3 Å². The summed E-state index contributed by atoms with van der Waals surface area (Å²) in [5.41, 5.74) is 0. The van der Waals surface area contributed by atoms with Gasteiger partial charge in [-0.05, 0) is 109 Å². The SMILES string of the molecule is CC/C=C\C/C=C\C/C=C\C/C=C\C/C=C\C/C=C\CCCCCCCCCCC(=O)OCC(COC(=O)CCCCCCCCCCCCCCC)OC(=O)CCCCCCCCCC/C=C\C/C=C\C/C=C\CCCCCCC. The predicted molar refractivity (Wildman–Crippen MR) is 353 cm³/mol. The highest BCUT2D eigenvalue weighted by molar-refractivity contribution is 5.71. The molecule has 1 unspecified atom stereocenters. The summed E-state index contributed by atoms with van der Waals surface area (Å²) in [5, 5.41) is 0. The fraction of sp³-hybridized carbons (Fsp3) is 0.720. The van der Waals surface area contributed by atoms with Gasteiger partial charge < -0.3 is 14.2 Å². The van der Waals surface area contributed by atoms with Crippen molar-refractivity contribution in [3.63, 3.8) is 0 Å². The van der Waals surface area contributed by atoms with E-state index >= 15 is 0 Å². The fourth-order valence-corrected chi connectivity index (χ4v) is 9.63. The molecule has 6 nitrogen and oxygen atoms in total. The van der Waals surface area contributed by atoms with Crippen LogP contribution in [0.3, 0.4) is 0 Å². The zero-order chi connectivity index (χ0) is 58.5. The Balaban J connectivity index is 4.35. The minimum atomic E-state index is -0.787. The van der Waals surface area contributed by atoms with Crippen LogP contribution in [0.2, 0.25) is 0 Å². The number of hydrogen-bond acceptors (Lipinski definition) is 6. The molecule has 0 heterocycles. The van der Waals surface area contributed by atoms with E-state index < -0.39 is 6.10 Å². The maximum atomic E-state index is 12.9. The van der Waals surface area contributed by atoms with Crippen LogP contribution in [0.4, 0.5) is 0 Å². The van der Waals surface area contributed by atoms with E-state index in [1.807, 2.05) is 0 Å². The standard InChI is InChI=1S/C75H128O6/c1-4-7-10-13-16-19-22-25-27-29-31-33-35-36-37-38-40-41-43-45-47-50-53-56-59-62-65-68-74(77)80-71-72(70-79-73(76)67-64-61-58-55-52-49-24-21-18-15-12-9-6-3)81-75(78)69-66-63-60-57-54-51-48-46-44-42-39-34-32-30-28-26-23-20-17-14-11-8-5-2/h7,10,16,19,23,25-27,30-33,36-37,39-42,72H,4-6,8-9,11-15,17-18,20-22,24,28-29,34-35,38,43-71H2,1-3H3/b10-7-,19-16-,26-23-,27-25-,32-30-,33-31-,37-36-,41-40-,42-39-. The lowest BCUT2D eigenvalue weighted by Crippen LogP contribution is -2.30. The largest absolute Gasteiger partial charge is 0.462 e. The Morgan fingerprint density at radius 2 is 0.481 bits per heavy atom. The molecular weight excluding hydrogens is 997 g/mol. The summed E-state index contributed by atoms with van der Waals surface area (Å²) in [6, 6.07) is 0. The Bertz CT molecular complexity index is 1620. The van der Waals surface area contributed by atoms with Crippen LogP contribution in [-0.2, 0) is 28.6 Å². The van der Waals surface area contributed by atoms with Gasteiger partial charge in [-0.1, -0.05) is 310 Å². The van der Waals surface area contributed by atoms with Gasteiger partial charge in [-0.3, -0.25) is 14.4 Å². The summed E-state index contributed by atoms with van der Waals surface area (Å²) in [7, 11) is 0. The number of allylic oxidation sites excluding steroid dienone is 18. The normalized spacial score (nSPS) is 12.8. The van der Waals surface area contributed by atoms with Crippen LogP contribution in [0, 0.1) is 0 Å². The van der Waals surface area contributed by atoms with E-state index in [4.69, 9.17) is 14.2 Å². The first-order chi connectivity index (χ1) is 40.0. The van der Waals surface area contributed by atoms with Crippen LogP contribution in [-0.4, -0.2) is 37.2 Å². The number of rotatable bonds is 62. The molecule has 0 aliphatic carbocycles. The van der Waals surface area contributed by atoms with Crippen LogP contribution < -0.4 is 0 Å². The minimum absolute atomic E-state index is 0.0816. The molecule has 0 aromatic rings. The van der Waals surface area contributed by atoms with Gasteiger partial charge >= 0.3 is 17.9 Å². The fourth-order valence-electron chi connectivity index (χ4n) is 9.63. The van der Waals surface area contributed by atoms with Crippen molar-refractivity contribution in [2.75, 3.05) is 13.2 Å². The van der Waals surface area contributed by atoms with E-state index in [2.05, 4.69) is 130 Å². The number of carbonyl (C=O) groups is 3. The Hall–Kier alpha value is -3.93. The molecule has 0 rings (SSSR count). The number of ether oxygens (including phenoxy) is 3. The first-order valence-electron chi connectivity index (χ1n) is 34.4. The van der Waals surface area contributed by atoms with Gasteiger partial charge in [-0.25, -0.2) is 0 Å². The van der Waals surface area contributed by atoms with Crippen molar-refractivity contribution in [2.24, 2.45) is 0 Å². The van der Waals surface area contributed by atoms with Crippen LogP contribution in [0.25, 0.3) is 0 Å². The maximum absolute atomic E-state index is 12.9. The average Bonchev–Trinajstić information content (AvgIpc) is 3.46. The summed E-state index contributed by atoms with van der Waals surface area (Å²) in [6.07, 6.45) is 93.8. The molecule has 0 radical (unpaired) electrons. The van der Waals surface area contributed by atoms with Crippen molar-refractivity contribution in [1.82, 2.24) is 0 Å². The molecule has 0 bridgehead atoms. The van der Waals surface area contributed by atoms with E-state index in [1.54, 1.807) is 0 Å². The van der Waals surface area contributed by atoms with Crippen LogP contribution in [0.5, 0.6) is 0 Å². The third kappa shape index (κ3) is 66.8. The number of unbranched alkanes of at least 4 members (excludes halogenated alkanes) is 33. The molecule has 0 aliphatic heterocycles. The predicted octanol–water partition coefficient (Wildman–Crippen LogP) is 23.8. The Labute approximate surface area is 501 Å². The quantitative estimate of drug-likeness (QED) is 0.0261. The lowest BCUT2D eigenvalue weighted by atomic mass is 10.0. The maximum Gasteiger partial charge on any atom is 0.306 e. The third-order valence-corrected chi connectivity index (χ3v) is 14.8. The highest BCUT2D eigenvalue weighted by Crippen LogP contribution is 2.16. The van der Waals surface area contributed by atoms with E-state index in [-0.39, 0.29) is 31.1 Å². The molecule has 0 saturated heterocycles. The van der Waals surface area contributed by atoms with E-state index in [9.17, 15) is 14.4 Å². The molecule has 0 aliphatic rings. The second-order valence-electron chi connectivity index (χ2n) is 22.7. The van der Waals surface area contributed by atoms with Crippen molar-refractivity contribution in [2.45, 2.75) is 335 Å². The zero-order valence-corrected chi connectivity index (χ0v) is 53.3. The average molecular weight is 1130 g/mol. The minimum Gasteiger partial charge on any atom is -0.462 e. The van der Waals surface area contributed by atoms with Gasteiger partial charge in [0.2, 0.25) is 0 Å². The van der Waals surface area contributed by atoms with Gasteiger partial charge in [0, 0.05) is 19.3 Å². The molecule has 0 fully saturated rings. The van der Waals surface area contributed by atoms with Crippen molar-refractivity contribution < 1.29 is 28.6 Å². The summed E-state index contributed by atoms with van der Waals surface area (Å²) >= 11 is 0. The monoisotopic (exact) mass is 1120 g/mol. The highest BCUT2D eigenvalue weighted by Gasteiger charge is 2.19. The summed E-state index contributed by atoms with van der Waals surface area (Å²) in [4.78, 5) is 38.4. The van der Waals surface area contributed by atoms with Crippen LogP contribution in [0.1, 0.15) is 329 Å². The smallest absolute Gasteiger partial charge is 0.306 e. The molecule has 1 atom stereocenters. The van der Waals surface area contributed by atoms with Gasteiger partial charge in [0.25, 0.3) is 0 Å². The zero-order valence-electron chi connectivity index (χ0n) is 53.3. The van der Waals surface area contributed by atoms with E-state index in [1.165, 1.54) is 167 Å². The second-order valence-corrected chi connectivity index (χ2v) is 22.7. The number of carbonyl (C=O) groups excluding carboxylic acids is 3. The first-order valence-corrected chi connectivity index (χ1v) is 34.4. The van der Waals surface area contributed by atoms with Crippen molar-refractivity contribution in [3.05, 3.63) is 109 Å². The van der Waals surface area contributed by atoms with Gasteiger partial charge in [-0.2, -0.15) is 0 Å². The molecular formula is C75H128O6. The Morgan fingerprint density at radius 3 is 0.753 bits per heavy atom.